The summed E-state index contributed by atoms with van der Waals surface area (Å²) in [6.45, 7) is 0. The van der Waals surface area contributed by atoms with E-state index in [9.17, 15) is 0 Å². The molecule has 0 radical (unpaired) electrons. The SMILES string of the molecule is c1ccc(-c2nc(-c3ccc4c(c3)sc3ccccc34)nc(-c3cccc4oc5cc6sc(-c7ccccc7)nc6cc5c34)n2)cc1. The molecule has 47 heavy (non-hydrogen) atoms. The summed E-state index contributed by atoms with van der Waals surface area (Å²) in [6.07, 6.45) is 0. The highest BCUT2D eigenvalue weighted by atomic mass is 32.1. The van der Waals surface area contributed by atoms with Gasteiger partial charge in [-0.1, -0.05) is 103 Å². The largest absolute Gasteiger partial charge is 0.456 e. The van der Waals surface area contributed by atoms with E-state index in [2.05, 4.69) is 72.8 Å². The Bertz CT molecular complexity index is 2800. The Kier molecular flexibility index (Phi) is 5.85. The lowest BCUT2D eigenvalue weighted by Gasteiger charge is -2.09. The number of nitrogens with zero attached hydrogens (tertiary/aromatic N) is 4. The van der Waals surface area contributed by atoms with E-state index in [1.165, 1.54) is 20.2 Å². The number of furan rings is 1. The first-order chi connectivity index (χ1) is 23.2. The minimum atomic E-state index is 0.599. The van der Waals surface area contributed by atoms with Gasteiger partial charge in [0.1, 0.15) is 16.2 Å². The molecule has 0 atom stereocenters. The van der Waals surface area contributed by atoms with Crippen molar-refractivity contribution in [2.75, 3.05) is 0 Å². The molecular formula is C40H22N4OS2. The van der Waals surface area contributed by atoms with Crippen molar-refractivity contribution >= 4 is 75.0 Å². The molecule has 0 saturated carbocycles. The molecule has 0 unspecified atom stereocenters. The lowest BCUT2D eigenvalue weighted by atomic mass is 10.0. The Hall–Kier alpha value is -5.76. The normalized spacial score (nSPS) is 11.8. The van der Waals surface area contributed by atoms with Crippen LogP contribution in [0.3, 0.4) is 0 Å². The van der Waals surface area contributed by atoms with Gasteiger partial charge in [-0.3, -0.25) is 0 Å². The van der Waals surface area contributed by atoms with Crippen LogP contribution in [0.5, 0.6) is 0 Å². The number of aromatic nitrogens is 4. The van der Waals surface area contributed by atoms with Crippen molar-refractivity contribution in [1.82, 2.24) is 19.9 Å². The summed E-state index contributed by atoms with van der Waals surface area (Å²) in [7, 11) is 0. The van der Waals surface area contributed by atoms with Gasteiger partial charge in [-0.2, -0.15) is 0 Å². The Labute approximate surface area is 276 Å². The molecule has 0 aliphatic carbocycles. The molecule has 0 bridgehead atoms. The lowest BCUT2D eigenvalue weighted by Crippen LogP contribution is -2.00. The topological polar surface area (TPSA) is 64.7 Å². The van der Waals surface area contributed by atoms with E-state index in [1.54, 1.807) is 22.7 Å². The minimum Gasteiger partial charge on any atom is -0.456 e. The highest BCUT2D eigenvalue weighted by Gasteiger charge is 2.20. The molecule has 0 spiro atoms. The third kappa shape index (κ3) is 4.35. The second kappa shape index (κ2) is 10.4. The number of thiazole rings is 1. The monoisotopic (exact) mass is 638 g/mol. The first-order valence-corrected chi connectivity index (χ1v) is 16.9. The Morgan fingerprint density at radius 2 is 1.15 bits per heavy atom. The predicted molar refractivity (Wildman–Crippen MR) is 195 cm³/mol. The Morgan fingerprint density at radius 3 is 2.00 bits per heavy atom. The molecule has 4 heterocycles. The first kappa shape index (κ1) is 26.5. The Morgan fingerprint density at radius 1 is 0.426 bits per heavy atom. The zero-order valence-electron chi connectivity index (χ0n) is 24.7. The second-order valence-electron chi connectivity index (χ2n) is 11.5. The Balaban J connectivity index is 1.19. The molecule has 4 aromatic heterocycles. The van der Waals surface area contributed by atoms with Gasteiger partial charge in [0.2, 0.25) is 0 Å². The van der Waals surface area contributed by atoms with Crippen LogP contribution < -0.4 is 0 Å². The summed E-state index contributed by atoms with van der Waals surface area (Å²) in [4.78, 5) is 20.2. The van der Waals surface area contributed by atoms with E-state index in [1.807, 2.05) is 60.7 Å². The molecule has 220 valence electrons. The van der Waals surface area contributed by atoms with Crippen LogP contribution in [0.15, 0.2) is 138 Å². The molecular weight excluding hydrogens is 617 g/mol. The van der Waals surface area contributed by atoms with Crippen molar-refractivity contribution in [3.63, 3.8) is 0 Å². The fourth-order valence-corrected chi connectivity index (χ4v) is 8.47. The van der Waals surface area contributed by atoms with Crippen LogP contribution in [0.4, 0.5) is 0 Å². The van der Waals surface area contributed by atoms with Crippen LogP contribution in [0.1, 0.15) is 0 Å². The molecule has 0 saturated heterocycles. The van der Waals surface area contributed by atoms with Crippen molar-refractivity contribution in [3.05, 3.63) is 133 Å². The van der Waals surface area contributed by atoms with Crippen LogP contribution in [0.2, 0.25) is 0 Å². The van der Waals surface area contributed by atoms with Crippen LogP contribution in [0.25, 0.3) is 97.1 Å². The van der Waals surface area contributed by atoms with E-state index in [0.29, 0.717) is 17.5 Å². The maximum Gasteiger partial charge on any atom is 0.164 e. The highest BCUT2D eigenvalue weighted by Crippen LogP contribution is 2.41. The molecule has 5 nitrogen and oxygen atoms in total. The third-order valence-electron chi connectivity index (χ3n) is 8.57. The molecule has 0 N–H and O–H groups in total. The quantitative estimate of drug-likeness (QED) is 0.192. The molecule has 0 aliphatic rings. The van der Waals surface area contributed by atoms with Gasteiger partial charge in [0.05, 0.1) is 10.2 Å². The molecule has 7 heteroatoms. The van der Waals surface area contributed by atoms with E-state index < -0.39 is 0 Å². The van der Waals surface area contributed by atoms with Crippen LogP contribution in [-0.4, -0.2) is 19.9 Å². The maximum absolute atomic E-state index is 6.45. The van der Waals surface area contributed by atoms with Gasteiger partial charge in [-0.15, -0.1) is 22.7 Å². The number of hydrogen-bond acceptors (Lipinski definition) is 7. The van der Waals surface area contributed by atoms with Crippen molar-refractivity contribution in [1.29, 1.82) is 0 Å². The fraction of sp³-hybridized carbons (Fsp3) is 0. The second-order valence-corrected chi connectivity index (χ2v) is 13.6. The number of hydrogen-bond donors (Lipinski definition) is 0. The fourth-order valence-electron chi connectivity index (χ4n) is 6.34. The molecule has 0 fully saturated rings. The molecule has 0 aliphatic heterocycles. The van der Waals surface area contributed by atoms with Gasteiger partial charge < -0.3 is 4.42 Å². The van der Waals surface area contributed by atoms with Crippen LogP contribution >= 0.6 is 22.7 Å². The van der Waals surface area contributed by atoms with Crippen molar-refractivity contribution in [2.45, 2.75) is 0 Å². The van der Waals surface area contributed by atoms with Gasteiger partial charge in [-0.25, -0.2) is 19.9 Å². The summed E-state index contributed by atoms with van der Waals surface area (Å²) in [5, 5.41) is 5.45. The summed E-state index contributed by atoms with van der Waals surface area (Å²) in [5.41, 5.74) is 6.42. The summed E-state index contributed by atoms with van der Waals surface area (Å²) in [5.74, 6) is 1.86. The summed E-state index contributed by atoms with van der Waals surface area (Å²) >= 11 is 3.46. The van der Waals surface area contributed by atoms with Crippen molar-refractivity contribution < 1.29 is 4.42 Å². The number of benzene rings is 6. The maximum atomic E-state index is 6.45. The molecule has 10 aromatic rings. The van der Waals surface area contributed by atoms with Crippen molar-refractivity contribution in [3.8, 4) is 44.7 Å². The summed E-state index contributed by atoms with van der Waals surface area (Å²) < 4.78 is 10.0. The smallest absolute Gasteiger partial charge is 0.164 e. The predicted octanol–water partition coefficient (Wildman–Crippen LogP) is 11.4. The van der Waals surface area contributed by atoms with Crippen LogP contribution in [0, 0.1) is 0 Å². The van der Waals surface area contributed by atoms with E-state index in [4.69, 9.17) is 24.4 Å². The number of fused-ring (bicyclic) bond motifs is 7. The third-order valence-corrected chi connectivity index (χ3v) is 10.8. The van der Waals surface area contributed by atoms with E-state index in [-0.39, 0.29) is 0 Å². The summed E-state index contributed by atoms with van der Waals surface area (Å²) in [6, 6.07) is 45.7. The number of thiophene rings is 1. The van der Waals surface area contributed by atoms with E-state index in [0.717, 1.165) is 59.4 Å². The van der Waals surface area contributed by atoms with Gasteiger partial charge in [0, 0.05) is 59.3 Å². The minimum absolute atomic E-state index is 0.599. The van der Waals surface area contributed by atoms with Gasteiger partial charge >= 0.3 is 0 Å². The lowest BCUT2D eigenvalue weighted by molar-refractivity contribution is 0.669. The average Bonchev–Trinajstić information content (AvgIpc) is 3.83. The molecule has 0 amide bonds. The zero-order valence-corrected chi connectivity index (χ0v) is 26.3. The zero-order chi connectivity index (χ0) is 30.9. The van der Waals surface area contributed by atoms with E-state index >= 15 is 0 Å². The first-order valence-electron chi connectivity index (χ1n) is 15.3. The number of rotatable bonds is 4. The van der Waals surface area contributed by atoms with Gasteiger partial charge in [-0.05, 0) is 24.3 Å². The standard InChI is InChI=1S/C40H22N4OS2/c1-3-10-23(11-4-1)37-42-38(25-18-19-27-26-14-7-8-17-33(26)46-34(27)20-25)44-39(43-37)28-15-9-16-31-36(28)29-21-30-35(22-32(29)45-31)47-40(41-30)24-12-5-2-6-13-24/h1-22H. The van der Waals surface area contributed by atoms with Gasteiger partial charge in [0.25, 0.3) is 0 Å². The van der Waals surface area contributed by atoms with Crippen molar-refractivity contribution in [2.24, 2.45) is 0 Å². The van der Waals surface area contributed by atoms with Crippen LogP contribution in [-0.2, 0) is 0 Å². The molecule has 10 rings (SSSR count). The molecule has 6 aromatic carbocycles. The average molecular weight is 639 g/mol. The highest BCUT2D eigenvalue weighted by molar-refractivity contribution is 7.25. The van der Waals surface area contributed by atoms with Gasteiger partial charge in [0.15, 0.2) is 17.5 Å².